The molecule has 2 rings (SSSR count). The molecule has 19 heavy (non-hydrogen) atoms. The molecule has 106 valence electrons. The van der Waals surface area contributed by atoms with Gasteiger partial charge in [0.1, 0.15) is 0 Å². The zero-order valence-electron chi connectivity index (χ0n) is 10.3. The number of rotatable bonds is 5. The molecule has 0 spiro atoms. The lowest BCUT2D eigenvalue weighted by molar-refractivity contribution is -0.145. The number of nitrogens with zero attached hydrogens (tertiary/aromatic N) is 1. The number of hydrogen-bond donors (Lipinski definition) is 0. The van der Waals surface area contributed by atoms with Crippen LogP contribution in [-0.2, 0) is 0 Å². The van der Waals surface area contributed by atoms with Crippen LogP contribution in [0.2, 0.25) is 0 Å². The summed E-state index contributed by atoms with van der Waals surface area (Å²) in [4.78, 5) is 2.69. The van der Waals surface area contributed by atoms with E-state index in [0.717, 1.165) is 5.75 Å². The van der Waals surface area contributed by atoms with Crippen molar-refractivity contribution < 1.29 is 13.2 Å². The predicted molar refractivity (Wildman–Crippen MR) is 76.2 cm³/mol. The van der Waals surface area contributed by atoms with Gasteiger partial charge in [0, 0.05) is 35.0 Å². The number of benzene rings is 1. The second kappa shape index (κ2) is 6.50. The van der Waals surface area contributed by atoms with E-state index < -0.39 is 12.7 Å². The van der Waals surface area contributed by atoms with E-state index in [0.29, 0.717) is 18.4 Å². The summed E-state index contributed by atoms with van der Waals surface area (Å²) in [6.45, 7) is 0.0555. The second-order valence-electron chi connectivity index (χ2n) is 4.59. The molecule has 0 N–H and O–H groups in total. The Balaban J connectivity index is 2.02. The monoisotopic (exact) mass is 353 g/mol. The van der Waals surface area contributed by atoms with E-state index >= 15 is 0 Å². The van der Waals surface area contributed by atoms with Crippen LogP contribution in [0.25, 0.3) is 0 Å². The maximum atomic E-state index is 12.5. The molecule has 1 atom stereocenters. The van der Waals surface area contributed by atoms with Gasteiger partial charge < -0.3 is 0 Å². The zero-order valence-corrected chi connectivity index (χ0v) is 12.7. The van der Waals surface area contributed by atoms with Crippen molar-refractivity contribution in [2.75, 3.05) is 30.7 Å². The number of fused-ring (bicyclic) bond motifs is 1. The van der Waals surface area contributed by atoms with Crippen molar-refractivity contribution in [2.24, 2.45) is 0 Å². The number of hydrogen-bond acceptors (Lipinski definition) is 2. The predicted octanol–water partition coefficient (Wildman–Crippen LogP) is 4.14. The molecule has 0 saturated carbocycles. The molecule has 1 nitrogen and oxygen atoms in total. The maximum Gasteiger partial charge on any atom is 0.401 e. The van der Waals surface area contributed by atoms with Crippen LogP contribution in [0.5, 0.6) is 0 Å². The van der Waals surface area contributed by atoms with E-state index in [1.54, 1.807) is 11.8 Å². The van der Waals surface area contributed by atoms with Crippen LogP contribution in [0.3, 0.4) is 0 Å². The second-order valence-corrected chi connectivity index (χ2v) is 6.44. The average Bonchev–Trinajstić information content (AvgIpc) is 2.71. The van der Waals surface area contributed by atoms with Crippen molar-refractivity contribution in [2.45, 2.75) is 17.0 Å². The lowest BCUT2D eigenvalue weighted by Crippen LogP contribution is -2.38. The summed E-state index contributed by atoms with van der Waals surface area (Å²) >= 11 is 4.96. The molecule has 0 fully saturated rings. The summed E-state index contributed by atoms with van der Waals surface area (Å²) in [5.41, 5.74) is 1.19. The van der Waals surface area contributed by atoms with Gasteiger partial charge in [-0.05, 0) is 11.6 Å². The lowest BCUT2D eigenvalue weighted by atomic mass is 10.0. The third kappa shape index (κ3) is 4.39. The topological polar surface area (TPSA) is 3.24 Å². The van der Waals surface area contributed by atoms with Crippen molar-refractivity contribution in [3.63, 3.8) is 0 Å². The van der Waals surface area contributed by atoms with Gasteiger partial charge >= 0.3 is 6.18 Å². The van der Waals surface area contributed by atoms with Gasteiger partial charge in [-0.3, -0.25) is 4.90 Å². The SMILES string of the molecule is FC(F)(F)CN(CCBr)CC1CSc2ccccc21. The molecule has 0 radical (unpaired) electrons. The standard InChI is InChI=1S/C13H15BrF3NS/c14-5-6-18(9-13(15,16)17)7-10-8-19-12-4-2-1-3-11(10)12/h1-4,10H,5-9H2. The summed E-state index contributed by atoms with van der Waals surface area (Å²) in [5.74, 6) is 1.07. The van der Waals surface area contributed by atoms with Gasteiger partial charge in [-0.2, -0.15) is 13.2 Å². The summed E-state index contributed by atoms with van der Waals surface area (Å²) in [5, 5.41) is 0.560. The van der Waals surface area contributed by atoms with Crippen LogP contribution in [0.4, 0.5) is 13.2 Å². The highest BCUT2D eigenvalue weighted by Crippen LogP contribution is 2.39. The van der Waals surface area contributed by atoms with Gasteiger partial charge in [0.2, 0.25) is 0 Å². The van der Waals surface area contributed by atoms with Crippen LogP contribution >= 0.6 is 27.7 Å². The summed E-state index contributed by atoms with van der Waals surface area (Å²) < 4.78 is 37.6. The molecule has 1 aromatic carbocycles. The molecule has 1 aliphatic rings. The quantitative estimate of drug-likeness (QED) is 0.732. The molecule has 6 heteroatoms. The molecule has 1 aromatic rings. The fourth-order valence-electron chi connectivity index (χ4n) is 2.30. The summed E-state index contributed by atoms with van der Waals surface area (Å²) in [7, 11) is 0. The number of alkyl halides is 4. The number of halogens is 4. The minimum absolute atomic E-state index is 0.197. The largest absolute Gasteiger partial charge is 0.401 e. The van der Waals surface area contributed by atoms with Crippen molar-refractivity contribution in [1.29, 1.82) is 0 Å². The van der Waals surface area contributed by atoms with E-state index in [9.17, 15) is 13.2 Å². The minimum atomic E-state index is -4.13. The Morgan fingerprint density at radius 2 is 2.05 bits per heavy atom. The van der Waals surface area contributed by atoms with E-state index in [4.69, 9.17) is 0 Å². The number of thioether (sulfide) groups is 1. The van der Waals surface area contributed by atoms with Crippen LogP contribution in [-0.4, -0.2) is 41.8 Å². The molecule has 1 unspecified atom stereocenters. The fraction of sp³-hybridized carbons (Fsp3) is 0.538. The van der Waals surface area contributed by atoms with E-state index in [1.165, 1.54) is 15.4 Å². The minimum Gasteiger partial charge on any atom is -0.294 e. The highest BCUT2D eigenvalue weighted by atomic mass is 79.9. The van der Waals surface area contributed by atoms with Crippen LogP contribution in [0, 0.1) is 0 Å². The molecule has 0 amide bonds. The van der Waals surface area contributed by atoms with Crippen molar-refractivity contribution in [1.82, 2.24) is 4.90 Å². The van der Waals surface area contributed by atoms with Gasteiger partial charge in [-0.15, -0.1) is 11.8 Å². The lowest BCUT2D eigenvalue weighted by Gasteiger charge is -2.25. The van der Waals surface area contributed by atoms with Crippen molar-refractivity contribution >= 4 is 27.7 Å². The molecular weight excluding hydrogens is 339 g/mol. The molecule has 1 heterocycles. The van der Waals surface area contributed by atoms with Gasteiger partial charge in [0.15, 0.2) is 0 Å². The van der Waals surface area contributed by atoms with Crippen LogP contribution in [0.15, 0.2) is 29.2 Å². The summed E-state index contributed by atoms with van der Waals surface area (Å²) in [6, 6.07) is 8.00. The Hall–Kier alpha value is -0.200. The van der Waals surface area contributed by atoms with Gasteiger partial charge in [-0.25, -0.2) is 0 Å². The van der Waals surface area contributed by atoms with Gasteiger partial charge in [0.25, 0.3) is 0 Å². The third-order valence-corrected chi connectivity index (χ3v) is 4.69. The zero-order chi connectivity index (χ0) is 13.9. The first kappa shape index (κ1) is 15.2. The summed E-state index contributed by atoms with van der Waals surface area (Å²) in [6.07, 6.45) is -4.13. The van der Waals surface area contributed by atoms with Crippen molar-refractivity contribution in [3.05, 3.63) is 29.8 Å². The molecule has 0 aromatic heterocycles. The van der Waals surface area contributed by atoms with E-state index in [-0.39, 0.29) is 5.92 Å². The van der Waals surface area contributed by atoms with Crippen LogP contribution in [0.1, 0.15) is 11.5 Å². The first-order valence-corrected chi connectivity index (χ1v) is 8.17. The molecule has 0 saturated heterocycles. The Morgan fingerprint density at radius 1 is 1.32 bits per heavy atom. The van der Waals surface area contributed by atoms with Crippen LogP contribution < -0.4 is 0 Å². The molecule has 1 aliphatic heterocycles. The Labute approximate surface area is 123 Å². The normalized spacial score (nSPS) is 18.9. The molecular formula is C13H15BrF3NS. The molecule has 0 aliphatic carbocycles. The van der Waals surface area contributed by atoms with Gasteiger partial charge in [0.05, 0.1) is 6.54 Å². The Kier molecular flexibility index (Phi) is 5.20. The maximum absolute atomic E-state index is 12.5. The first-order valence-electron chi connectivity index (χ1n) is 6.06. The van der Waals surface area contributed by atoms with Gasteiger partial charge in [-0.1, -0.05) is 34.1 Å². The van der Waals surface area contributed by atoms with E-state index in [1.807, 2.05) is 24.3 Å². The Bertz CT molecular complexity index is 425. The highest BCUT2D eigenvalue weighted by Gasteiger charge is 2.33. The van der Waals surface area contributed by atoms with Crippen molar-refractivity contribution in [3.8, 4) is 0 Å². The fourth-order valence-corrected chi connectivity index (χ4v) is 4.04. The smallest absolute Gasteiger partial charge is 0.294 e. The third-order valence-electron chi connectivity index (χ3n) is 3.08. The first-order chi connectivity index (χ1) is 8.99. The highest BCUT2D eigenvalue weighted by molar-refractivity contribution is 9.09. The Morgan fingerprint density at radius 3 is 2.74 bits per heavy atom. The average molecular weight is 354 g/mol. The molecule has 0 bridgehead atoms. The van der Waals surface area contributed by atoms with E-state index in [2.05, 4.69) is 15.9 Å².